The molecule has 200 valence electrons. The molecule has 10 nitrogen and oxygen atoms in total. The molecule has 2 amide bonds. The fraction of sp³-hybridized carbons (Fsp3) is 0.444. The zero-order chi connectivity index (χ0) is 26.8. The van der Waals surface area contributed by atoms with Crippen LogP contribution in [0.5, 0.6) is 23.0 Å². The smallest absolute Gasteiger partial charge is 0.339 e. The third-order valence-electron chi connectivity index (χ3n) is 5.81. The fourth-order valence-corrected chi connectivity index (χ4v) is 3.80. The number of ether oxygens (including phenoxy) is 5. The zero-order valence-corrected chi connectivity index (χ0v) is 21.7. The Morgan fingerprint density at radius 2 is 1.59 bits per heavy atom. The maximum Gasteiger partial charge on any atom is 0.339 e. The molecule has 1 aliphatic rings. The number of amides is 2. The molecule has 0 saturated carbocycles. The minimum Gasteiger partial charge on any atom is -0.497 e. The number of nitrogens with one attached hydrogen (secondary N) is 1. The number of rotatable bonds is 11. The Morgan fingerprint density at radius 1 is 0.919 bits per heavy atom. The van der Waals surface area contributed by atoms with Crippen LogP contribution in [-0.4, -0.2) is 69.3 Å². The number of likely N-dealkylation sites (tertiary alicyclic amines) is 1. The van der Waals surface area contributed by atoms with Crippen LogP contribution in [0.1, 0.15) is 43.5 Å². The number of esters is 1. The second-order valence-corrected chi connectivity index (χ2v) is 8.46. The molecule has 2 aromatic rings. The number of carbonyl (C=O) groups is 3. The van der Waals surface area contributed by atoms with Gasteiger partial charge in [0.05, 0.1) is 26.4 Å². The molecule has 3 rings (SSSR count). The van der Waals surface area contributed by atoms with E-state index in [1.54, 1.807) is 36.1 Å². The number of benzene rings is 2. The first-order valence-electron chi connectivity index (χ1n) is 12.3. The molecule has 0 spiro atoms. The molecule has 10 heteroatoms. The predicted molar refractivity (Wildman–Crippen MR) is 137 cm³/mol. The van der Waals surface area contributed by atoms with Crippen molar-refractivity contribution in [2.24, 2.45) is 0 Å². The molecule has 0 unspecified atom stereocenters. The maximum atomic E-state index is 12.8. The fourth-order valence-electron chi connectivity index (χ4n) is 3.80. The van der Waals surface area contributed by atoms with E-state index in [9.17, 15) is 14.4 Å². The standard InChI is InChI=1S/C27H34N2O8/c1-5-35-24-13-19(9-10-23(24)36-17-25(30)29-11-7-6-8-12-29)27(32)37-18(2)26(31)28-20-14-21(33-3)16-22(15-20)34-4/h9-10,13-16,18H,5-8,11-12,17H2,1-4H3,(H,28,31)/t18-/m1/s1. The van der Waals surface area contributed by atoms with Crippen LogP contribution >= 0.6 is 0 Å². The lowest BCUT2D eigenvalue weighted by Crippen LogP contribution is -2.38. The van der Waals surface area contributed by atoms with E-state index < -0.39 is 18.0 Å². The van der Waals surface area contributed by atoms with Crippen LogP contribution in [0.4, 0.5) is 5.69 Å². The van der Waals surface area contributed by atoms with Crippen LogP contribution < -0.4 is 24.3 Å². The average molecular weight is 515 g/mol. The number of anilines is 1. The van der Waals surface area contributed by atoms with Gasteiger partial charge in [-0.2, -0.15) is 0 Å². The predicted octanol–water partition coefficient (Wildman–Crippen LogP) is 3.68. The molecule has 0 bridgehead atoms. The van der Waals surface area contributed by atoms with Crippen molar-refractivity contribution in [2.75, 3.05) is 45.8 Å². The summed E-state index contributed by atoms with van der Waals surface area (Å²) in [6.07, 6.45) is 2.04. The van der Waals surface area contributed by atoms with E-state index in [0.717, 1.165) is 32.4 Å². The molecular formula is C27H34N2O8. The van der Waals surface area contributed by atoms with E-state index in [1.165, 1.54) is 33.3 Å². The second-order valence-electron chi connectivity index (χ2n) is 8.46. The summed E-state index contributed by atoms with van der Waals surface area (Å²) in [7, 11) is 3.01. The summed E-state index contributed by atoms with van der Waals surface area (Å²) < 4.78 is 27.1. The van der Waals surface area contributed by atoms with E-state index in [1.807, 2.05) is 0 Å². The van der Waals surface area contributed by atoms with Gasteiger partial charge in [0.25, 0.3) is 11.8 Å². The lowest BCUT2D eigenvalue weighted by Gasteiger charge is -2.26. The second kappa shape index (κ2) is 13.4. The Labute approximate surface area is 216 Å². The van der Waals surface area contributed by atoms with Crippen molar-refractivity contribution in [3.05, 3.63) is 42.0 Å². The van der Waals surface area contributed by atoms with E-state index in [0.29, 0.717) is 35.3 Å². The number of nitrogens with zero attached hydrogens (tertiary/aromatic N) is 1. The van der Waals surface area contributed by atoms with Crippen molar-refractivity contribution < 1.29 is 38.1 Å². The van der Waals surface area contributed by atoms with Crippen molar-refractivity contribution in [3.63, 3.8) is 0 Å². The third kappa shape index (κ3) is 7.77. The van der Waals surface area contributed by atoms with E-state index in [4.69, 9.17) is 23.7 Å². The van der Waals surface area contributed by atoms with Gasteiger partial charge in [-0.25, -0.2) is 4.79 Å². The molecule has 37 heavy (non-hydrogen) atoms. The van der Waals surface area contributed by atoms with Gasteiger partial charge in [-0.3, -0.25) is 9.59 Å². The SMILES string of the molecule is CCOc1cc(C(=O)O[C@H](C)C(=O)Nc2cc(OC)cc(OC)c2)ccc1OCC(=O)N1CCCCC1. The first kappa shape index (κ1) is 27.6. The summed E-state index contributed by atoms with van der Waals surface area (Å²) in [5, 5.41) is 2.69. The van der Waals surface area contributed by atoms with Crippen molar-refractivity contribution in [1.82, 2.24) is 4.90 Å². The van der Waals surface area contributed by atoms with Gasteiger partial charge < -0.3 is 33.9 Å². The molecule has 1 atom stereocenters. The lowest BCUT2D eigenvalue weighted by atomic mass is 10.1. The monoisotopic (exact) mass is 514 g/mol. The Morgan fingerprint density at radius 3 is 2.22 bits per heavy atom. The first-order chi connectivity index (χ1) is 17.8. The topological polar surface area (TPSA) is 113 Å². The Kier molecular flexibility index (Phi) is 10.00. The van der Waals surface area contributed by atoms with E-state index in [2.05, 4.69) is 5.32 Å². The highest BCUT2D eigenvalue weighted by Crippen LogP contribution is 2.29. The molecule has 1 aliphatic heterocycles. The highest BCUT2D eigenvalue weighted by molar-refractivity contribution is 5.97. The molecule has 1 fully saturated rings. The molecule has 2 aromatic carbocycles. The number of methoxy groups -OCH3 is 2. The molecule has 1 heterocycles. The molecule has 1 saturated heterocycles. The number of piperidine rings is 1. The molecule has 1 N–H and O–H groups in total. The first-order valence-corrected chi connectivity index (χ1v) is 12.3. The Balaban J connectivity index is 1.62. The van der Waals surface area contributed by atoms with Gasteiger partial charge in [0.2, 0.25) is 0 Å². The summed E-state index contributed by atoms with van der Waals surface area (Å²) in [4.78, 5) is 39.6. The van der Waals surface area contributed by atoms with Gasteiger partial charge in [0, 0.05) is 37.0 Å². The van der Waals surface area contributed by atoms with Gasteiger partial charge in [0.1, 0.15) is 11.5 Å². The van der Waals surface area contributed by atoms with Crippen molar-refractivity contribution in [3.8, 4) is 23.0 Å². The quantitative estimate of drug-likeness (QED) is 0.452. The summed E-state index contributed by atoms with van der Waals surface area (Å²) in [5.41, 5.74) is 0.615. The summed E-state index contributed by atoms with van der Waals surface area (Å²) in [6.45, 7) is 4.96. The van der Waals surface area contributed by atoms with E-state index >= 15 is 0 Å². The minimum atomic E-state index is -1.08. The van der Waals surface area contributed by atoms with Crippen molar-refractivity contribution in [2.45, 2.75) is 39.2 Å². The van der Waals surface area contributed by atoms with Crippen LogP contribution in [0.3, 0.4) is 0 Å². The van der Waals surface area contributed by atoms with Crippen LogP contribution in [0.25, 0.3) is 0 Å². The van der Waals surface area contributed by atoms with Gasteiger partial charge in [-0.05, 0) is 51.3 Å². The molecule has 0 aliphatic carbocycles. The van der Waals surface area contributed by atoms with E-state index in [-0.39, 0.29) is 18.1 Å². The minimum absolute atomic E-state index is 0.0841. The van der Waals surface area contributed by atoms with Gasteiger partial charge in [-0.1, -0.05) is 0 Å². The summed E-state index contributed by atoms with van der Waals surface area (Å²) in [5.74, 6) is 0.350. The van der Waals surface area contributed by atoms with Crippen molar-refractivity contribution >= 4 is 23.5 Å². The van der Waals surface area contributed by atoms with Crippen LogP contribution in [0.15, 0.2) is 36.4 Å². The maximum absolute atomic E-state index is 12.8. The van der Waals surface area contributed by atoms with Gasteiger partial charge in [-0.15, -0.1) is 0 Å². The van der Waals surface area contributed by atoms with Crippen LogP contribution in [0.2, 0.25) is 0 Å². The van der Waals surface area contributed by atoms with Crippen molar-refractivity contribution in [1.29, 1.82) is 0 Å². The normalized spacial score (nSPS) is 13.8. The number of hydrogen-bond acceptors (Lipinski definition) is 8. The molecule has 0 aromatic heterocycles. The average Bonchev–Trinajstić information content (AvgIpc) is 2.92. The Hall–Kier alpha value is -3.95. The largest absolute Gasteiger partial charge is 0.497 e. The van der Waals surface area contributed by atoms with Crippen LogP contribution in [0, 0.1) is 0 Å². The molecule has 0 radical (unpaired) electrons. The number of carbonyl (C=O) groups excluding carboxylic acids is 3. The highest BCUT2D eigenvalue weighted by atomic mass is 16.5. The number of hydrogen-bond donors (Lipinski definition) is 1. The van der Waals surface area contributed by atoms with Crippen LogP contribution in [-0.2, 0) is 14.3 Å². The Bertz CT molecular complexity index is 1080. The lowest BCUT2D eigenvalue weighted by molar-refractivity contribution is -0.134. The van der Waals surface area contributed by atoms with Gasteiger partial charge in [0.15, 0.2) is 24.2 Å². The third-order valence-corrected chi connectivity index (χ3v) is 5.81. The molecular weight excluding hydrogens is 480 g/mol. The zero-order valence-electron chi connectivity index (χ0n) is 21.7. The summed E-state index contributed by atoms with van der Waals surface area (Å²) >= 11 is 0. The van der Waals surface area contributed by atoms with Gasteiger partial charge >= 0.3 is 5.97 Å². The summed E-state index contributed by atoms with van der Waals surface area (Å²) in [6, 6.07) is 9.45. The highest BCUT2D eigenvalue weighted by Gasteiger charge is 2.22.